The Hall–Kier alpha value is -0.530. The molecule has 2 heteroatoms. The van der Waals surface area contributed by atoms with E-state index in [9.17, 15) is 4.79 Å². The van der Waals surface area contributed by atoms with Crippen LogP contribution in [0.4, 0.5) is 0 Å². The minimum Gasteiger partial charge on any atom is -0.481 e. The van der Waals surface area contributed by atoms with Crippen LogP contribution >= 0.6 is 0 Å². The molecule has 0 aliphatic heterocycles. The molecule has 0 fully saturated rings. The summed E-state index contributed by atoms with van der Waals surface area (Å²) in [4.78, 5) is 10.1. The highest BCUT2D eigenvalue weighted by Crippen LogP contribution is 2.05. The lowest BCUT2D eigenvalue weighted by Crippen LogP contribution is -1.94. The number of hydrogen-bond donors (Lipinski definition) is 1. The predicted octanol–water partition coefficient (Wildman–Crippen LogP) is 2.64. The van der Waals surface area contributed by atoms with Gasteiger partial charge in [0, 0.05) is 6.42 Å². The maximum Gasteiger partial charge on any atom is 0.303 e. The molecule has 0 amide bonds. The lowest BCUT2D eigenvalue weighted by atomic mass is 10.1. The van der Waals surface area contributed by atoms with Gasteiger partial charge in [-0.3, -0.25) is 4.79 Å². The highest BCUT2D eigenvalue weighted by molar-refractivity contribution is 5.67. The molecule has 2 nitrogen and oxygen atoms in total. The molecule has 65 valence electrons. The first kappa shape index (κ1) is 10.5. The monoisotopic (exact) mass is 157 g/mol. The third-order valence-corrected chi connectivity index (χ3v) is 1.58. The summed E-state index contributed by atoms with van der Waals surface area (Å²) in [6, 6.07) is 0. The van der Waals surface area contributed by atoms with E-state index in [-0.39, 0.29) is 6.42 Å². The van der Waals surface area contributed by atoms with Crippen LogP contribution in [0.3, 0.4) is 0 Å². The lowest BCUT2D eigenvalue weighted by molar-refractivity contribution is -0.136. The molecular weight excluding hydrogens is 140 g/mol. The Morgan fingerprint density at radius 1 is 1.36 bits per heavy atom. The largest absolute Gasteiger partial charge is 0.481 e. The molecule has 0 unspecified atom stereocenters. The van der Waals surface area contributed by atoms with Crippen LogP contribution in [0.5, 0.6) is 0 Å². The van der Waals surface area contributed by atoms with E-state index in [1.807, 2.05) is 6.42 Å². The first-order valence-corrected chi connectivity index (χ1v) is 4.30. The average molecular weight is 157 g/mol. The highest BCUT2D eigenvalue weighted by Gasteiger charge is 1.95. The maximum absolute atomic E-state index is 10.1. The zero-order chi connectivity index (χ0) is 8.53. The van der Waals surface area contributed by atoms with Crippen LogP contribution < -0.4 is 0 Å². The van der Waals surface area contributed by atoms with Crippen LogP contribution in [0.1, 0.15) is 45.4 Å². The maximum atomic E-state index is 10.1. The normalized spacial score (nSPS) is 9.91. The van der Waals surface area contributed by atoms with Gasteiger partial charge >= 0.3 is 5.97 Å². The number of hydrogen-bond acceptors (Lipinski definition) is 1. The molecule has 0 aromatic heterocycles. The Labute approximate surface area is 68.6 Å². The Morgan fingerprint density at radius 2 is 2.09 bits per heavy atom. The van der Waals surface area contributed by atoms with Gasteiger partial charge in [0.15, 0.2) is 0 Å². The van der Waals surface area contributed by atoms with Gasteiger partial charge in [-0.05, 0) is 12.8 Å². The summed E-state index contributed by atoms with van der Waals surface area (Å²) >= 11 is 0. The second-order valence-corrected chi connectivity index (χ2v) is 2.74. The number of carboxylic acids is 1. The minimum absolute atomic E-state index is 0.214. The fraction of sp³-hybridized carbons (Fsp3) is 0.778. The number of carbonyl (C=O) groups is 1. The third-order valence-electron chi connectivity index (χ3n) is 1.58. The van der Waals surface area contributed by atoms with Crippen molar-refractivity contribution in [2.45, 2.75) is 45.4 Å². The number of unbranched alkanes of at least 4 members (excludes halogenated alkanes) is 5. The van der Waals surface area contributed by atoms with E-state index < -0.39 is 5.97 Å². The SMILES string of the molecule is CCCCCC[CH]CC(=O)O. The Morgan fingerprint density at radius 3 is 2.64 bits per heavy atom. The van der Waals surface area contributed by atoms with Crippen LogP contribution in [0, 0.1) is 6.42 Å². The second-order valence-electron chi connectivity index (χ2n) is 2.74. The van der Waals surface area contributed by atoms with Gasteiger partial charge in [-0.25, -0.2) is 0 Å². The molecule has 0 aromatic rings. The number of aliphatic carboxylic acids is 1. The zero-order valence-electron chi connectivity index (χ0n) is 7.18. The average Bonchev–Trinajstić information content (AvgIpc) is 1.96. The van der Waals surface area contributed by atoms with Gasteiger partial charge in [-0.15, -0.1) is 0 Å². The standard InChI is InChI=1S/C9H17O2/c1-2-3-4-5-6-7-8-9(10)11/h7H,2-6,8H2,1H3,(H,10,11). The second kappa shape index (κ2) is 7.58. The summed E-state index contributed by atoms with van der Waals surface area (Å²) in [7, 11) is 0. The van der Waals surface area contributed by atoms with Crippen LogP contribution in [0.25, 0.3) is 0 Å². The van der Waals surface area contributed by atoms with Crippen molar-refractivity contribution in [2.75, 3.05) is 0 Å². The molecule has 0 aliphatic carbocycles. The molecule has 0 rings (SSSR count). The van der Waals surface area contributed by atoms with E-state index in [1.54, 1.807) is 0 Å². The molecule has 0 saturated carbocycles. The smallest absolute Gasteiger partial charge is 0.303 e. The first-order valence-electron chi connectivity index (χ1n) is 4.30. The van der Waals surface area contributed by atoms with E-state index in [1.165, 1.54) is 19.3 Å². The zero-order valence-corrected chi connectivity index (χ0v) is 7.18. The van der Waals surface area contributed by atoms with Crippen molar-refractivity contribution in [2.24, 2.45) is 0 Å². The summed E-state index contributed by atoms with van der Waals surface area (Å²) in [6.45, 7) is 2.17. The molecular formula is C9H17O2. The Kier molecular flexibility index (Phi) is 7.21. The van der Waals surface area contributed by atoms with Gasteiger partial charge in [0.1, 0.15) is 0 Å². The lowest BCUT2D eigenvalue weighted by Gasteiger charge is -1.96. The van der Waals surface area contributed by atoms with Gasteiger partial charge < -0.3 is 5.11 Å². The Bertz CT molecular complexity index is 99.7. The topological polar surface area (TPSA) is 37.3 Å². The summed E-state index contributed by atoms with van der Waals surface area (Å²) in [6.07, 6.45) is 7.88. The van der Waals surface area contributed by atoms with Crippen LogP contribution in [0.2, 0.25) is 0 Å². The van der Waals surface area contributed by atoms with Gasteiger partial charge in [-0.1, -0.05) is 32.6 Å². The van der Waals surface area contributed by atoms with E-state index in [2.05, 4.69) is 6.92 Å². The third kappa shape index (κ3) is 9.47. The fourth-order valence-electron chi connectivity index (χ4n) is 0.941. The molecule has 0 aromatic carbocycles. The van der Waals surface area contributed by atoms with Crippen molar-refractivity contribution in [3.05, 3.63) is 6.42 Å². The Balaban J connectivity index is 2.85. The number of carboxylic acid groups (broad SMARTS) is 1. The molecule has 1 radical (unpaired) electrons. The minimum atomic E-state index is -0.722. The van der Waals surface area contributed by atoms with Gasteiger partial charge in [-0.2, -0.15) is 0 Å². The molecule has 11 heavy (non-hydrogen) atoms. The summed E-state index contributed by atoms with van der Waals surface area (Å²) in [5, 5.41) is 8.28. The van der Waals surface area contributed by atoms with E-state index >= 15 is 0 Å². The van der Waals surface area contributed by atoms with Crippen molar-refractivity contribution in [3.8, 4) is 0 Å². The van der Waals surface area contributed by atoms with Crippen LogP contribution in [-0.4, -0.2) is 11.1 Å². The van der Waals surface area contributed by atoms with Gasteiger partial charge in [0.25, 0.3) is 0 Å². The van der Waals surface area contributed by atoms with Gasteiger partial charge in [0.2, 0.25) is 0 Å². The van der Waals surface area contributed by atoms with Crippen LogP contribution in [0.15, 0.2) is 0 Å². The van der Waals surface area contributed by atoms with E-state index in [0.29, 0.717) is 0 Å². The van der Waals surface area contributed by atoms with Crippen LogP contribution in [-0.2, 0) is 4.79 Å². The fourth-order valence-corrected chi connectivity index (χ4v) is 0.941. The molecule has 0 atom stereocenters. The van der Waals surface area contributed by atoms with Crippen molar-refractivity contribution in [1.82, 2.24) is 0 Å². The summed E-state index contributed by atoms with van der Waals surface area (Å²) in [5.74, 6) is -0.722. The molecule has 0 heterocycles. The molecule has 0 aliphatic rings. The summed E-state index contributed by atoms with van der Waals surface area (Å²) < 4.78 is 0. The van der Waals surface area contributed by atoms with E-state index in [4.69, 9.17) is 5.11 Å². The summed E-state index contributed by atoms with van der Waals surface area (Å²) in [5.41, 5.74) is 0. The van der Waals surface area contributed by atoms with Crippen molar-refractivity contribution < 1.29 is 9.90 Å². The van der Waals surface area contributed by atoms with Crippen molar-refractivity contribution >= 4 is 5.97 Å². The molecule has 0 saturated heterocycles. The molecule has 0 bridgehead atoms. The van der Waals surface area contributed by atoms with Crippen molar-refractivity contribution in [3.63, 3.8) is 0 Å². The first-order chi connectivity index (χ1) is 5.27. The predicted molar refractivity (Wildman–Crippen MR) is 45.3 cm³/mol. The molecule has 0 spiro atoms. The number of rotatable bonds is 7. The van der Waals surface area contributed by atoms with Crippen molar-refractivity contribution in [1.29, 1.82) is 0 Å². The highest BCUT2D eigenvalue weighted by atomic mass is 16.4. The molecule has 1 N–H and O–H groups in total. The van der Waals surface area contributed by atoms with E-state index in [0.717, 1.165) is 12.8 Å². The van der Waals surface area contributed by atoms with Gasteiger partial charge in [0.05, 0.1) is 0 Å². The quantitative estimate of drug-likeness (QED) is 0.577.